The summed E-state index contributed by atoms with van der Waals surface area (Å²) >= 11 is 1.53. The summed E-state index contributed by atoms with van der Waals surface area (Å²) in [5, 5.41) is 0. The van der Waals surface area contributed by atoms with E-state index in [9.17, 15) is 8.42 Å². The van der Waals surface area contributed by atoms with E-state index in [4.69, 9.17) is 5.73 Å². The molecule has 19 heavy (non-hydrogen) atoms. The fourth-order valence-electron chi connectivity index (χ4n) is 2.35. The third-order valence-electron chi connectivity index (χ3n) is 3.63. The first-order valence-electron chi connectivity index (χ1n) is 6.06. The van der Waals surface area contributed by atoms with Crippen LogP contribution >= 0.6 is 23.7 Å². The topological polar surface area (TPSA) is 63.4 Å². The molecule has 110 valence electrons. The molecule has 0 radical (unpaired) electrons. The highest BCUT2D eigenvalue weighted by molar-refractivity contribution is 7.89. The molecule has 1 aliphatic heterocycles. The lowest BCUT2D eigenvalue weighted by Crippen LogP contribution is -2.34. The highest BCUT2D eigenvalue weighted by Crippen LogP contribution is 2.35. The zero-order chi connectivity index (χ0) is 13.6. The zero-order valence-electron chi connectivity index (χ0n) is 11.5. The predicted octanol–water partition coefficient (Wildman–Crippen LogP) is 2.15. The van der Waals surface area contributed by atoms with Crippen LogP contribution in [0.2, 0.25) is 0 Å². The van der Waals surface area contributed by atoms with Crippen LogP contribution in [0, 0.1) is 19.3 Å². The summed E-state index contributed by atoms with van der Waals surface area (Å²) in [4.78, 5) is 2.37. The zero-order valence-corrected chi connectivity index (χ0v) is 13.9. The van der Waals surface area contributed by atoms with Crippen molar-refractivity contribution in [2.75, 3.05) is 19.6 Å². The number of halogens is 1. The first kappa shape index (κ1) is 16.9. The van der Waals surface area contributed by atoms with Gasteiger partial charge in [-0.15, -0.1) is 23.7 Å². The van der Waals surface area contributed by atoms with E-state index in [1.165, 1.54) is 11.3 Å². The molecule has 1 aromatic heterocycles. The van der Waals surface area contributed by atoms with E-state index in [1.54, 1.807) is 10.4 Å². The lowest BCUT2D eigenvalue weighted by molar-refractivity contribution is 0.349. The Morgan fingerprint density at radius 1 is 1.47 bits per heavy atom. The van der Waals surface area contributed by atoms with Gasteiger partial charge in [0.1, 0.15) is 0 Å². The summed E-state index contributed by atoms with van der Waals surface area (Å²) in [7, 11) is -3.34. The van der Waals surface area contributed by atoms with Crippen LogP contribution in [0.25, 0.3) is 0 Å². The Kier molecular flexibility index (Phi) is 5.07. The van der Waals surface area contributed by atoms with Crippen molar-refractivity contribution in [3.8, 4) is 0 Å². The van der Waals surface area contributed by atoms with Crippen molar-refractivity contribution >= 4 is 33.8 Å². The van der Waals surface area contributed by atoms with Gasteiger partial charge in [0, 0.05) is 22.8 Å². The molecular weight excluding hydrogens is 304 g/mol. The average molecular weight is 325 g/mol. The lowest BCUT2D eigenvalue weighted by atomic mass is 9.90. The van der Waals surface area contributed by atoms with Gasteiger partial charge in [-0.05, 0) is 38.3 Å². The minimum absolute atomic E-state index is 0. The lowest BCUT2D eigenvalue weighted by Gasteiger charge is -2.22. The quantitative estimate of drug-likeness (QED) is 0.926. The summed E-state index contributed by atoms with van der Waals surface area (Å²) in [6.07, 6.45) is 0.838. The van der Waals surface area contributed by atoms with Crippen LogP contribution < -0.4 is 5.73 Å². The van der Waals surface area contributed by atoms with Gasteiger partial charge in [-0.1, -0.05) is 6.92 Å². The number of nitrogens with zero attached hydrogens (tertiary/aromatic N) is 1. The van der Waals surface area contributed by atoms with Crippen molar-refractivity contribution in [2.24, 2.45) is 11.1 Å². The van der Waals surface area contributed by atoms with E-state index in [0.29, 0.717) is 24.5 Å². The Bertz CT molecular complexity index is 556. The van der Waals surface area contributed by atoms with Gasteiger partial charge < -0.3 is 5.73 Å². The molecule has 1 unspecified atom stereocenters. The normalized spacial score (nSPS) is 24.4. The second-order valence-corrected chi connectivity index (χ2v) is 8.75. The molecule has 1 atom stereocenters. The first-order chi connectivity index (χ1) is 8.28. The molecule has 0 aliphatic carbocycles. The van der Waals surface area contributed by atoms with Crippen molar-refractivity contribution in [1.82, 2.24) is 4.31 Å². The van der Waals surface area contributed by atoms with Crippen molar-refractivity contribution in [2.45, 2.75) is 32.1 Å². The Labute approximate surface area is 125 Å². The van der Waals surface area contributed by atoms with Gasteiger partial charge in [0.15, 0.2) is 0 Å². The number of thiophene rings is 1. The summed E-state index contributed by atoms with van der Waals surface area (Å²) in [5.41, 5.74) is 5.65. The Morgan fingerprint density at radius 2 is 2.11 bits per heavy atom. The van der Waals surface area contributed by atoms with Crippen LogP contribution in [0.3, 0.4) is 0 Å². The summed E-state index contributed by atoms with van der Waals surface area (Å²) in [6, 6.07) is 1.77. The maximum Gasteiger partial charge on any atom is 0.244 e. The second kappa shape index (κ2) is 5.69. The van der Waals surface area contributed by atoms with Crippen molar-refractivity contribution in [3.05, 3.63) is 15.8 Å². The molecule has 0 aromatic carbocycles. The SMILES string of the molecule is Cc1cc(S(=O)(=O)N2CCC(C)(CN)C2)c(C)s1.Cl. The number of sulfonamides is 1. The fourth-order valence-corrected chi connectivity index (χ4v) is 5.47. The largest absolute Gasteiger partial charge is 0.330 e. The molecule has 1 aromatic rings. The molecule has 1 fully saturated rings. The van der Waals surface area contributed by atoms with Crippen molar-refractivity contribution < 1.29 is 8.42 Å². The average Bonchev–Trinajstić information content (AvgIpc) is 2.84. The van der Waals surface area contributed by atoms with Gasteiger partial charge in [0.05, 0.1) is 4.90 Å². The van der Waals surface area contributed by atoms with Gasteiger partial charge >= 0.3 is 0 Å². The van der Waals surface area contributed by atoms with E-state index >= 15 is 0 Å². The number of hydrogen-bond donors (Lipinski definition) is 1. The first-order valence-corrected chi connectivity index (χ1v) is 8.31. The van der Waals surface area contributed by atoms with Crippen molar-refractivity contribution in [1.29, 1.82) is 0 Å². The van der Waals surface area contributed by atoms with Gasteiger partial charge in [0.25, 0.3) is 0 Å². The Morgan fingerprint density at radius 3 is 2.53 bits per heavy atom. The third kappa shape index (κ3) is 3.13. The molecule has 0 spiro atoms. The van der Waals surface area contributed by atoms with Crippen LogP contribution in [-0.4, -0.2) is 32.4 Å². The van der Waals surface area contributed by atoms with Crippen LogP contribution in [0.1, 0.15) is 23.1 Å². The molecule has 1 aliphatic rings. The Hall–Kier alpha value is -0.140. The molecule has 1 saturated heterocycles. The van der Waals surface area contributed by atoms with Crippen LogP contribution in [0.4, 0.5) is 0 Å². The van der Waals surface area contributed by atoms with Gasteiger partial charge in [-0.2, -0.15) is 4.31 Å². The minimum Gasteiger partial charge on any atom is -0.330 e. The van der Waals surface area contributed by atoms with Crippen LogP contribution in [-0.2, 0) is 10.0 Å². The summed E-state index contributed by atoms with van der Waals surface area (Å²) in [5.74, 6) is 0. The fraction of sp³-hybridized carbons (Fsp3) is 0.667. The smallest absolute Gasteiger partial charge is 0.244 e. The molecular formula is C12H21ClN2O2S2. The summed E-state index contributed by atoms with van der Waals surface area (Å²) in [6.45, 7) is 7.48. The number of rotatable bonds is 3. The highest BCUT2D eigenvalue weighted by Gasteiger charge is 2.39. The van der Waals surface area contributed by atoms with E-state index in [0.717, 1.165) is 16.2 Å². The van der Waals surface area contributed by atoms with Gasteiger partial charge in [-0.3, -0.25) is 0 Å². The number of aryl methyl sites for hydroxylation is 2. The maximum atomic E-state index is 12.6. The van der Waals surface area contributed by atoms with E-state index in [2.05, 4.69) is 0 Å². The van der Waals surface area contributed by atoms with Crippen LogP contribution in [0.5, 0.6) is 0 Å². The molecule has 4 nitrogen and oxygen atoms in total. The van der Waals surface area contributed by atoms with Gasteiger partial charge in [0.2, 0.25) is 10.0 Å². The monoisotopic (exact) mass is 324 g/mol. The molecule has 0 amide bonds. The molecule has 2 heterocycles. The van der Waals surface area contributed by atoms with Gasteiger partial charge in [-0.25, -0.2) is 8.42 Å². The minimum atomic E-state index is -3.34. The summed E-state index contributed by atoms with van der Waals surface area (Å²) < 4.78 is 26.7. The molecule has 2 rings (SSSR count). The molecule has 7 heteroatoms. The van der Waals surface area contributed by atoms with E-state index < -0.39 is 10.0 Å². The molecule has 0 saturated carbocycles. The van der Waals surface area contributed by atoms with E-state index in [-0.39, 0.29) is 17.8 Å². The van der Waals surface area contributed by atoms with Crippen LogP contribution in [0.15, 0.2) is 11.0 Å². The van der Waals surface area contributed by atoms with Crippen molar-refractivity contribution in [3.63, 3.8) is 0 Å². The predicted molar refractivity (Wildman–Crippen MR) is 81.6 cm³/mol. The molecule has 2 N–H and O–H groups in total. The number of nitrogens with two attached hydrogens (primary N) is 1. The second-order valence-electron chi connectivity index (χ2n) is 5.38. The standard InChI is InChI=1S/C12H20N2O2S2.ClH/c1-9-6-11(10(2)17-9)18(15,16)14-5-4-12(3,7-13)8-14;/h6H,4-5,7-8,13H2,1-3H3;1H. The Balaban J connectivity index is 0.00000180. The third-order valence-corrected chi connectivity index (χ3v) is 6.70. The number of hydrogen-bond acceptors (Lipinski definition) is 4. The maximum absolute atomic E-state index is 12.6. The highest BCUT2D eigenvalue weighted by atomic mass is 35.5. The van der Waals surface area contributed by atoms with E-state index in [1.807, 2.05) is 20.8 Å². The molecule has 0 bridgehead atoms.